The topological polar surface area (TPSA) is 58.1 Å². The fourth-order valence-electron chi connectivity index (χ4n) is 3.99. The molecule has 31 heavy (non-hydrogen) atoms. The molecule has 1 aromatic carbocycles. The first-order valence-electron chi connectivity index (χ1n) is 11.4. The van der Waals surface area contributed by atoms with Gasteiger partial charge < -0.3 is 25.0 Å². The zero-order valence-corrected chi connectivity index (χ0v) is 19.3. The highest BCUT2D eigenvalue weighted by Crippen LogP contribution is 2.32. The standard InChI is InChI=1S/C24H34N4O2S/c1-28-13-9-19(10-14-28)7-11-25-24(26-12-8-21-4-2-17-31-21)27-20-5-6-22-23(18-20)30-16-3-15-29-22/h2,4-6,17-19H,3,7-16H2,1H3,(H2,25,26,27). The first-order chi connectivity index (χ1) is 15.3. The van der Waals surface area contributed by atoms with E-state index >= 15 is 0 Å². The fourth-order valence-corrected chi connectivity index (χ4v) is 4.69. The third-order valence-corrected chi connectivity index (χ3v) is 6.84. The van der Waals surface area contributed by atoms with Gasteiger partial charge in [-0.2, -0.15) is 0 Å². The van der Waals surface area contributed by atoms with Crippen LogP contribution in [0.3, 0.4) is 0 Å². The summed E-state index contributed by atoms with van der Waals surface area (Å²) >= 11 is 1.80. The van der Waals surface area contributed by atoms with Crippen LogP contribution in [0.15, 0.2) is 40.7 Å². The maximum absolute atomic E-state index is 5.84. The Morgan fingerprint density at radius 3 is 2.81 bits per heavy atom. The van der Waals surface area contributed by atoms with Crippen LogP contribution in [0.2, 0.25) is 0 Å². The monoisotopic (exact) mass is 442 g/mol. The Morgan fingerprint density at radius 2 is 2.00 bits per heavy atom. The lowest BCUT2D eigenvalue weighted by atomic mass is 9.94. The molecular formula is C24H34N4O2S. The summed E-state index contributed by atoms with van der Waals surface area (Å²) in [5.41, 5.74) is 0.964. The number of fused-ring (bicyclic) bond motifs is 1. The summed E-state index contributed by atoms with van der Waals surface area (Å²) < 4.78 is 11.6. The highest BCUT2D eigenvalue weighted by Gasteiger charge is 2.16. The lowest BCUT2D eigenvalue weighted by Crippen LogP contribution is -2.33. The lowest BCUT2D eigenvalue weighted by molar-refractivity contribution is 0.214. The number of thiophene rings is 1. The molecule has 2 aromatic rings. The van der Waals surface area contributed by atoms with Crippen LogP contribution >= 0.6 is 11.3 Å². The van der Waals surface area contributed by atoms with Crippen molar-refractivity contribution in [2.75, 3.05) is 51.8 Å². The first-order valence-corrected chi connectivity index (χ1v) is 12.3. The third-order valence-electron chi connectivity index (χ3n) is 5.90. The van der Waals surface area contributed by atoms with E-state index in [-0.39, 0.29) is 0 Å². The van der Waals surface area contributed by atoms with E-state index in [1.54, 1.807) is 11.3 Å². The van der Waals surface area contributed by atoms with Crippen LogP contribution in [0.1, 0.15) is 30.6 Å². The molecule has 3 heterocycles. The Kier molecular flexibility index (Phi) is 8.07. The zero-order valence-electron chi connectivity index (χ0n) is 18.4. The highest BCUT2D eigenvalue weighted by atomic mass is 32.1. The molecule has 4 rings (SSSR count). The number of guanidine groups is 1. The largest absolute Gasteiger partial charge is 0.490 e. The Hall–Kier alpha value is -2.25. The van der Waals surface area contributed by atoms with E-state index < -0.39 is 0 Å². The van der Waals surface area contributed by atoms with Crippen LogP contribution < -0.4 is 20.1 Å². The average molecular weight is 443 g/mol. The summed E-state index contributed by atoms with van der Waals surface area (Å²) in [6.07, 6.45) is 5.61. The number of nitrogens with zero attached hydrogens (tertiary/aromatic N) is 2. The van der Waals surface area contributed by atoms with Gasteiger partial charge in [0.2, 0.25) is 0 Å². The number of piperidine rings is 1. The van der Waals surface area contributed by atoms with E-state index in [0.29, 0.717) is 13.2 Å². The molecule has 2 aliphatic rings. The van der Waals surface area contributed by atoms with Crippen molar-refractivity contribution in [3.05, 3.63) is 40.6 Å². The molecule has 0 amide bonds. The molecule has 1 fully saturated rings. The van der Waals surface area contributed by atoms with Crippen molar-refractivity contribution >= 4 is 23.0 Å². The fraction of sp³-hybridized carbons (Fsp3) is 0.542. The van der Waals surface area contributed by atoms with Crippen LogP contribution in [0.25, 0.3) is 0 Å². The molecule has 2 N–H and O–H groups in total. The molecule has 168 valence electrons. The molecule has 6 nitrogen and oxygen atoms in total. The van der Waals surface area contributed by atoms with Gasteiger partial charge in [-0.3, -0.25) is 4.99 Å². The predicted octanol–water partition coefficient (Wildman–Crippen LogP) is 4.24. The predicted molar refractivity (Wildman–Crippen MR) is 129 cm³/mol. The second kappa shape index (κ2) is 11.4. The molecule has 7 heteroatoms. The van der Waals surface area contributed by atoms with Gasteiger partial charge in [0.1, 0.15) is 0 Å². The molecule has 0 bridgehead atoms. The minimum absolute atomic E-state index is 0.688. The minimum atomic E-state index is 0.688. The van der Waals surface area contributed by atoms with Gasteiger partial charge in [0.25, 0.3) is 0 Å². The number of rotatable bonds is 7. The normalized spacial score (nSPS) is 17.9. The van der Waals surface area contributed by atoms with Crippen LogP contribution in [-0.4, -0.2) is 57.3 Å². The van der Waals surface area contributed by atoms with Gasteiger partial charge in [-0.15, -0.1) is 11.3 Å². The maximum Gasteiger partial charge on any atom is 0.195 e. The van der Waals surface area contributed by atoms with Gasteiger partial charge in [-0.05, 0) is 75.3 Å². The van der Waals surface area contributed by atoms with Crippen molar-refractivity contribution in [1.82, 2.24) is 10.2 Å². The van der Waals surface area contributed by atoms with Crippen LogP contribution in [-0.2, 0) is 6.42 Å². The second-order valence-corrected chi connectivity index (χ2v) is 9.39. The van der Waals surface area contributed by atoms with Crippen LogP contribution in [0.4, 0.5) is 5.69 Å². The molecule has 0 atom stereocenters. The van der Waals surface area contributed by atoms with Crippen molar-refractivity contribution in [1.29, 1.82) is 0 Å². The number of nitrogens with one attached hydrogen (secondary N) is 2. The number of hydrogen-bond donors (Lipinski definition) is 2. The molecule has 1 aromatic heterocycles. The molecule has 1 saturated heterocycles. The van der Waals surface area contributed by atoms with E-state index in [2.05, 4.69) is 40.1 Å². The van der Waals surface area contributed by atoms with Gasteiger partial charge in [-0.25, -0.2) is 0 Å². The van der Waals surface area contributed by atoms with Gasteiger partial charge in [-0.1, -0.05) is 6.07 Å². The summed E-state index contributed by atoms with van der Waals surface area (Å²) in [6.45, 7) is 5.49. The second-order valence-electron chi connectivity index (χ2n) is 8.36. The number of aliphatic imine (C=N–C) groups is 1. The van der Waals surface area contributed by atoms with E-state index in [4.69, 9.17) is 14.5 Å². The number of ether oxygens (including phenoxy) is 2. The molecule has 2 aliphatic heterocycles. The van der Waals surface area contributed by atoms with Crippen molar-refractivity contribution < 1.29 is 9.47 Å². The van der Waals surface area contributed by atoms with Crippen molar-refractivity contribution in [3.8, 4) is 11.5 Å². The van der Waals surface area contributed by atoms with Crippen molar-refractivity contribution in [3.63, 3.8) is 0 Å². The summed E-state index contributed by atoms with van der Waals surface area (Å²) in [4.78, 5) is 8.70. The lowest BCUT2D eigenvalue weighted by Gasteiger charge is -2.28. The van der Waals surface area contributed by atoms with Gasteiger partial charge in [0.15, 0.2) is 17.5 Å². The summed E-state index contributed by atoms with van der Waals surface area (Å²) in [5, 5.41) is 9.11. The molecule has 0 radical (unpaired) electrons. The van der Waals surface area contributed by atoms with Gasteiger partial charge >= 0.3 is 0 Å². The Labute approximate surface area is 189 Å². The molecule has 0 saturated carbocycles. The molecule has 0 unspecified atom stereocenters. The van der Waals surface area contributed by atoms with Crippen LogP contribution in [0.5, 0.6) is 11.5 Å². The van der Waals surface area contributed by atoms with E-state index in [0.717, 1.165) is 61.4 Å². The Morgan fingerprint density at radius 1 is 1.16 bits per heavy atom. The Bertz CT molecular complexity index is 832. The zero-order chi connectivity index (χ0) is 21.3. The highest BCUT2D eigenvalue weighted by molar-refractivity contribution is 7.09. The summed E-state index contributed by atoms with van der Waals surface area (Å²) in [5.74, 6) is 3.23. The molecular weight excluding hydrogens is 408 g/mol. The van der Waals surface area contributed by atoms with Gasteiger partial charge in [0, 0.05) is 36.1 Å². The summed E-state index contributed by atoms with van der Waals surface area (Å²) in [7, 11) is 2.21. The van der Waals surface area contributed by atoms with E-state index in [1.807, 2.05) is 18.2 Å². The smallest absolute Gasteiger partial charge is 0.195 e. The first kappa shape index (κ1) is 22.0. The minimum Gasteiger partial charge on any atom is -0.490 e. The number of hydrogen-bond acceptors (Lipinski definition) is 5. The SMILES string of the molecule is CN1CCC(CCN=C(NCCc2cccs2)Nc2ccc3c(c2)OCCCO3)CC1. The van der Waals surface area contributed by atoms with E-state index in [1.165, 1.54) is 30.8 Å². The van der Waals surface area contributed by atoms with Crippen LogP contribution in [0, 0.1) is 5.92 Å². The maximum atomic E-state index is 5.84. The number of benzene rings is 1. The summed E-state index contributed by atoms with van der Waals surface area (Å²) in [6, 6.07) is 10.3. The Balaban J connectivity index is 1.36. The molecule has 0 aliphatic carbocycles. The number of likely N-dealkylation sites (tertiary alicyclic amines) is 1. The average Bonchev–Trinajstić information content (AvgIpc) is 3.18. The molecule has 0 spiro atoms. The quantitative estimate of drug-likeness (QED) is 0.496. The third kappa shape index (κ3) is 6.87. The van der Waals surface area contributed by atoms with Crippen molar-refractivity contribution in [2.45, 2.75) is 32.1 Å². The number of anilines is 1. The van der Waals surface area contributed by atoms with Crippen molar-refractivity contribution in [2.24, 2.45) is 10.9 Å². The van der Waals surface area contributed by atoms with Gasteiger partial charge in [0.05, 0.1) is 13.2 Å². The van der Waals surface area contributed by atoms with E-state index in [9.17, 15) is 0 Å².